The van der Waals surface area contributed by atoms with E-state index in [0.717, 1.165) is 24.3 Å². The Kier molecular flexibility index (Phi) is 7.10. The summed E-state index contributed by atoms with van der Waals surface area (Å²) in [5.41, 5.74) is 8.32. The number of hydrogen-bond acceptors (Lipinski definition) is 8. The molecule has 0 saturated heterocycles. The molecular weight excluding hydrogens is 564 g/mol. The Morgan fingerprint density at radius 3 is 1.14 bits per heavy atom. The molecule has 0 heterocycles. The summed E-state index contributed by atoms with van der Waals surface area (Å²) in [6.45, 7) is 0. The van der Waals surface area contributed by atoms with Gasteiger partial charge in [0, 0.05) is 0 Å². The SMILES string of the molecule is Nc1ccc(-c2ccc(N)c(OC(F)(F)C(F)(F)S(=O)(=O)O)c2)cc1OC(F)(F)C(F)(F)S(=O)(=O)O. The summed E-state index contributed by atoms with van der Waals surface area (Å²) in [4.78, 5) is 0. The number of ether oxygens (including phenoxy) is 2. The second-order valence-corrected chi connectivity index (χ2v) is 9.65. The average Bonchev–Trinajstić information content (AvgIpc) is 2.69. The Morgan fingerprint density at radius 1 is 0.611 bits per heavy atom. The van der Waals surface area contributed by atoms with Crippen molar-refractivity contribution in [2.24, 2.45) is 0 Å². The monoisotopic (exact) mass is 576 g/mol. The Hall–Kier alpha value is -3.10. The fraction of sp³-hybridized carbons (Fsp3) is 0.250. The van der Waals surface area contributed by atoms with Gasteiger partial charge < -0.3 is 20.9 Å². The number of nitrogen functional groups attached to an aromatic ring is 2. The van der Waals surface area contributed by atoms with Gasteiger partial charge in [-0.3, -0.25) is 9.11 Å². The first kappa shape index (κ1) is 29.1. The van der Waals surface area contributed by atoms with Crippen LogP contribution in [0.2, 0.25) is 0 Å². The van der Waals surface area contributed by atoms with Gasteiger partial charge in [-0.1, -0.05) is 12.1 Å². The van der Waals surface area contributed by atoms with Crippen molar-refractivity contribution in [2.75, 3.05) is 11.5 Å². The third-order valence-corrected chi connectivity index (χ3v) is 5.93. The second-order valence-electron chi connectivity index (χ2n) is 6.73. The summed E-state index contributed by atoms with van der Waals surface area (Å²) in [5, 5.41) is -12.3. The number of benzene rings is 2. The molecule has 0 aliphatic carbocycles. The minimum Gasteiger partial charge on any atom is -0.425 e. The summed E-state index contributed by atoms with van der Waals surface area (Å²) in [6, 6.07) is 4.30. The lowest BCUT2D eigenvalue weighted by atomic mass is 10.0. The van der Waals surface area contributed by atoms with Crippen LogP contribution in [0.3, 0.4) is 0 Å². The van der Waals surface area contributed by atoms with Gasteiger partial charge in [0.2, 0.25) is 0 Å². The quantitative estimate of drug-likeness (QED) is 0.196. The van der Waals surface area contributed by atoms with Crippen LogP contribution in [-0.2, 0) is 20.2 Å². The van der Waals surface area contributed by atoms with Crippen molar-refractivity contribution in [3.63, 3.8) is 0 Å². The molecule has 0 aliphatic heterocycles. The number of halogens is 8. The zero-order valence-corrected chi connectivity index (χ0v) is 18.4. The molecule has 2 aromatic rings. The molecule has 0 amide bonds. The number of rotatable bonds is 9. The molecule has 0 bridgehead atoms. The first-order chi connectivity index (χ1) is 15.9. The first-order valence-electron chi connectivity index (χ1n) is 8.57. The Morgan fingerprint density at radius 2 is 0.889 bits per heavy atom. The van der Waals surface area contributed by atoms with Crippen LogP contribution in [0.1, 0.15) is 0 Å². The number of anilines is 2. The molecule has 6 N–H and O–H groups in total. The van der Waals surface area contributed by atoms with Crippen LogP contribution in [0, 0.1) is 0 Å². The number of nitrogens with two attached hydrogens (primary N) is 2. The Bertz CT molecular complexity index is 1280. The molecule has 202 valence electrons. The van der Waals surface area contributed by atoms with Crippen molar-refractivity contribution in [3.8, 4) is 22.6 Å². The van der Waals surface area contributed by atoms with E-state index in [4.69, 9.17) is 20.6 Å². The first-order valence-corrected chi connectivity index (χ1v) is 11.5. The lowest BCUT2D eigenvalue weighted by Gasteiger charge is -2.25. The van der Waals surface area contributed by atoms with E-state index in [0.29, 0.717) is 12.1 Å². The van der Waals surface area contributed by atoms with E-state index < -0.39 is 65.8 Å². The minimum atomic E-state index is -6.68. The van der Waals surface area contributed by atoms with E-state index in [1.807, 2.05) is 0 Å². The van der Waals surface area contributed by atoms with E-state index in [-0.39, 0.29) is 11.1 Å². The molecule has 2 rings (SSSR count). The molecule has 10 nitrogen and oxygen atoms in total. The highest BCUT2D eigenvalue weighted by Crippen LogP contribution is 2.44. The van der Waals surface area contributed by atoms with Gasteiger partial charge in [-0.05, 0) is 35.4 Å². The molecule has 0 aliphatic rings. The molecule has 0 unspecified atom stereocenters. The van der Waals surface area contributed by atoms with Crippen molar-refractivity contribution in [3.05, 3.63) is 36.4 Å². The molecule has 0 saturated carbocycles. The maximum Gasteiger partial charge on any atom is 0.483 e. The smallest absolute Gasteiger partial charge is 0.425 e. The Balaban J connectivity index is 2.51. The normalized spacial score (nSPS) is 13.9. The standard InChI is InChI=1S/C16H12F8N2O8S2/c17-13(18,15(21,22)35(27,28)29)33-11-5-7(1-3-9(11)25)8-2-4-10(26)12(6-8)34-14(19,20)16(23,24)36(30,31)32/h1-6H,25-26H2,(H,27,28,29)(H,30,31,32). The third kappa shape index (κ3) is 5.20. The summed E-state index contributed by atoms with van der Waals surface area (Å²) in [5.74, 6) is -2.60. The van der Waals surface area contributed by atoms with Gasteiger partial charge in [-0.15, -0.1) is 0 Å². The predicted molar refractivity (Wildman–Crippen MR) is 105 cm³/mol. The van der Waals surface area contributed by atoms with Gasteiger partial charge in [0.25, 0.3) is 0 Å². The maximum atomic E-state index is 13.8. The summed E-state index contributed by atoms with van der Waals surface area (Å²) < 4.78 is 175. The number of hydrogen-bond donors (Lipinski definition) is 4. The summed E-state index contributed by atoms with van der Waals surface area (Å²) in [7, 11) is -13.4. The fourth-order valence-corrected chi connectivity index (χ4v) is 2.98. The largest absolute Gasteiger partial charge is 0.483 e. The van der Waals surface area contributed by atoms with Gasteiger partial charge in [0.05, 0.1) is 11.4 Å². The zero-order chi connectivity index (χ0) is 28.1. The molecule has 0 fully saturated rings. The molecule has 0 aromatic heterocycles. The lowest BCUT2D eigenvalue weighted by molar-refractivity contribution is -0.274. The van der Waals surface area contributed by atoms with Gasteiger partial charge >= 0.3 is 43.0 Å². The van der Waals surface area contributed by atoms with Gasteiger partial charge in [0.15, 0.2) is 0 Å². The van der Waals surface area contributed by atoms with Gasteiger partial charge in [-0.2, -0.15) is 52.0 Å². The van der Waals surface area contributed by atoms with E-state index in [1.165, 1.54) is 0 Å². The highest BCUT2D eigenvalue weighted by atomic mass is 32.2. The van der Waals surface area contributed by atoms with Crippen LogP contribution >= 0.6 is 0 Å². The van der Waals surface area contributed by atoms with Crippen molar-refractivity contribution < 1.29 is 70.5 Å². The van der Waals surface area contributed by atoms with Crippen LogP contribution in [0.25, 0.3) is 11.1 Å². The third-order valence-electron chi connectivity index (χ3n) is 4.16. The van der Waals surface area contributed by atoms with Crippen molar-refractivity contribution in [1.29, 1.82) is 0 Å². The van der Waals surface area contributed by atoms with Crippen molar-refractivity contribution in [2.45, 2.75) is 22.7 Å². The molecule has 0 spiro atoms. The fourth-order valence-electron chi connectivity index (χ4n) is 2.30. The van der Waals surface area contributed by atoms with Crippen molar-refractivity contribution >= 4 is 31.6 Å². The highest BCUT2D eigenvalue weighted by Gasteiger charge is 2.70. The molecule has 20 heteroatoms. The minimum absolute atomic E-state index is 0.389. The van der Waals surface area contributed by atoms with E-state index >= 15 is 0 Å². The maximum absolute atomic E-state index is 13.8. The van der Waals surface area contributed by atoms with Crippen molar-refractivity contribution in [1.82, 2.24) is 0 Å². The average molecular weight is 576 g/mol. The molecule has 0 atom stereocenters. The Labute approximate surface area is 195 Å². The predicted octanol–water partition coefficient (Wildman–Crippen LogP) is 3.42. The number of alkyl halides is 8. The lowest BCUT2D eigenvalue weighted by Crippen LogP contribution is -2.50. The van der Waals surface area contributed by atoms with E-state index in [9.17, 15) is 52.0 Å². The van der Waals surface area contributed by atoms with Crippen LogP contribution in [0.15, 0.2) is 36.4 Å². The second kappa shape index (κ2) is 8.78. The van der Waals surface area contributed by atoms with Crippen LogP contribution in [-0.4, -0.2) is 48.7 Å². The van der Waals surface area contributed by atoms with Crippen LogP contribution < -0.4 is 20.9 Å². The molecule has 36 heavy (non-hydrogen) atoms. The van der Waals surface area contributed by atoms with Gasteiger partial charge in [0.1, 0.15) is 11.5 Å². The highest BCUT2D eigenvalue weighted by molar-refractivity contribution is 7.87. The molecule has 0 radical (unpaired) electrons. The van der Waals surface area contributed by atoms with E-state index in [1.54, 1.807) is 0 Å². The summed E-state index contributed by atoms with van der Waals surface area (Å²) in [6.07, 6.45) is -11.8. The van der Waals surface area contributed by atoms with E-state index in [2.05, 4.69) is 9.47 Å². The van der Waals surface area contributed by atoms with Crippen LogP contribution in [0.4, 0.5) is 46.5 Å². The summed E-state index contributed by atoms with van der Waals surface area (Å²) >= 11 is 0. The zero-order valence-electron chi connectivity index (χ0n) is 16.8. The van der Waals surface area contributed by atoms with Crippen LogP contribution in [0.5, 0.6) is 11.5 Å². The van der Waals surface area contributed by atoms with Gasteiger partial charge in [-0.25, -0.2) is 0 Å². The topological polar surface area (TPSA) is 179 Å². The molecular formula is C16H12F8N2O8S2. The molecule has 2 aromatic carbocycles.